The standard InChI is InChI=1S/C8H5F5INO/c1-3-2-15-7(16-8(11,12)13)5(14)4(3)6(9)10/h2,6H,1H3. The fourth-order valence-electron chi connectivity index (χ4n) is 1.02. The van der Waals surface area contributed by atoms with E-state index in [1.807, 2.05) is 0 Å². The highest BCUT2D eigenvalue weighted by molar-refractivity contribution is 14.1. The second-order valence-electron chi connectivity index (χ2n) is 2.82. The molecule has 0 atom stereocenters. The Morgan fingerprint density at radius 2 is 1.94 bits per heavy atom. The zero-order valence-corrected chi connectivity index (χ0v) is 9.94. The maximum atomic E-state index is 12.5. The van der Waals surface area contributed by atoms with Gasteiger partial charge in [0.25, 0.3) is 6.43 Å². The van der Waals surface area contributed by atoms with Crippen molar-refractivity contribution in [3.8, 4) is 5.88 Å². The second-order valence-corrected chi connectivity index (χ2v) is 3.90. The fourth-order valence-corrected chi connectivity index (χ4v) is 1.93. The van der Waals surface area contributed by atoms with Crippen molar-refractivity contribution < 1.29 is 26.7 Å². The first-order valence-electron chi connectivity index (χ1n) is 3.91. The van der Waals surface area contributed by atoms with Crippen molar-refractivity contribution >= 4 is 22.6 Å². The Morgan fingerprint density at radius 3 is 2.38 bits per heavy atom. The number of rotatable bonds is 2. The van der Waals surface area contributed by atoms with Gasteiger partial charge in [0.2, 0.25) is 5.88 Å². The molecule has 2 nitrogen and oxygen atoms in total. The molecule has 8 heteroatoms. The number of pyridine rings is 1. The molecule has 90 valence electrons. The Labute approximate surface area is 101 Å². The molecule has 16 heavy (non-hydrogen) atoms. The van der Waals surface area contributed by atoms with Crippen LogP contribution in [0.5, 0.6) is 5.88 Å². The van der Waals surface area contributed by atoms with Crippen LogP contribution in [-0.2, 0) is 0 Å². The summed E-state index contributed by atoms with van der Waals surface area (Å²) in [6.45, 7) is 1.34. The number of alkyl halides is 5. The molecule has 0 saturated heterocycles. The SMILES string of the molecule is Cc1cnc(OC(F)(F)F)c(I)c1C(F)F. The van der Waals surface area contributed by atoms with Crippen molar-refractivity contribution in [2.24, 2.45) is 0 Å². The van der Waals surface area contributed by atoms with Gasteiger partial charge < -0.3 is 4.74 Å². The Morgan fingerprint density at radius 1 is 1.38 bits per heavy atom. The molecular formula is C8H5F5INO. The summed E-state index contributed by atoms with van der Waals surface area (Å²) in [4.78, 5) is 3.32. The van der Waals surface area contributed by atoms with E-state index < -0.39 is 24.2 Å². The minimum atomic E-state index is -4.94. The van der Waals surface area contributed by atoms with Crippen molar-refractivity contribution in [1.82, 2.24) is 4.98 Å². The molecular weight excluding hydrogens is 348 g/mol. The molecule has 0 bridgehead atoms. The van der Waals surface area contributed by atoms with Gasteiger partial charge >= 0.3 is 6.36 Å². The van der Waals surface area contributed by atoms with E-state index >= 15 is 0 Å². The molecule has 1 rings (SSSR count). The van der Waals surface area contributed by atoms with Crippen LogP contribution in [-0.4, -0.2) is 11.3 Å². The fraction of sp³-hybridized carbons (Fsp3) is 0.375. The van der Waals surface area contributed by atoms with Crippen molar-refractivity contribution in [2.75, 3.05) is 0 Å². The van der Waals surface area contributed by atoms with Crippen LogP contribution in [0.25, 0.3) is 0 Å². The summed E-state index contributed by atoms with van der Waals surface area (Å²) in [5.74, 6) is -0.853. The molecule has 0 saturated carbocycles. The molecule has 1 heterocycles. The van der Waals surface area contributed by atoms with Crippen molar-refractivity contribution in [2.45, 2.75) is 19.7 Å². The monoisotopic (exact) mass is 353 g/mol. The molecule has 1 aromatic heterocycles. The van der Waals surface area contributed by atoms with Crippen LogP contribution in [0, 0.1) is 10.5 Å². The minimum Gasteiger partial charge on any atom is -0.387 e. The zero-order chi connectivity index (χ0) is 12.5. The highest BCUT2D eigenvalue weighted by Crippen LogP contribution is 2.34. The largest absolute Gasteiger partial charge is 0.574 e. The summed E-state index contributed by atoms with van der Waals surface area (Å²) in [7, 11) is 0. The lowest BCUT2D eigenvalue weighted by molar-refractivity contribution is -0.276. The molecule has 0 fully saturated rings. The lowest BCUT2D eigenvalue weighted by atomic mass is 10.2. The van der Waals surface area contributed by atoms with Gasteiger partial charge in [-0.15, -0.1) is 13.2 Å². The molecule has 0 spiro atoms. The van der Waals surface area contributed by atoms with Crippen LogP contribution in [0.15, 0.2) is 6.20 Å². The number of hydrogen-bond acceptors (Lipinski definition) is 2. The molecule has 0 amide bonds. The van der Waals surface area contributed by atoms with E-state index in [2.05, 4.69) is 9.72 Å². The summed E-state index contributed by atoms with van der Waals surface area (Å²) in [6, 6.07) is 0. The van der Waals surface area contributed by atoms with Crippen LogP contribution in [0.1, 0.15) is 17.6 Å². The van der Waals surface area contributed by atoms with Gasteiger partial charge in [0.05, 0.1) is 3.57 Å². The molecule has 0 unspecified atom stereocenters. The smallest absolute Gasteiger partial charge is 0.387 e. The Bertz CT molecular complexity index is 393. The third-order valence-electron chi connectivity index (χ3n) is 1.66. The predicted octanol–water partition coefficient (Wildman–Crippen LogP) is 3.83. The molecule has 0 radical (unpaired) electrons. The third kappa shape index (κ3) is 3.16. The Kier molecular flexibility index (Phi) is 3.92. The van der Waals surface area contributed by atoms with E-state index in [1.165, 1.54) is 29.5 Å². The van der Waals surface area contributed by atoms with E-state index in [0.29, 0.717) is 0 Å². The first kappa shape index (κ1) is 13.4. The highest BCUT2D eigenvalue weighted by atomic mass is 127. The normalized spacial score (nSPS) is 12.0. The number of halogens is 6. The first-order valence-corrected chi connectivity index (χ1v) is 4.99. The minimum absolute atomic E-state index is 0.119. The predicted molar refractivity (Wildman–Crippen MR) is 53.3 cm³/mol. The molecule has 0 aromatic carbocycles. The van der Waals surface area contributed by atoms with E-state index in [1.54, 1.807) is 0 Å². The highest BCUT2D eigenvalue weighted by Gasteiger charge is 2.34. The number of ether oxygens (including phenoxy) is 1. The summed E-state index contributed by atoms with van der Waals surface area (Å²) in [6.07, 6.45) is -6.89. The van der Waals surface area contributed by atoms with Crippen LogP contribution in [0.2, 0.25) is 0 Å². The maximum Gasteiger partial charge on any atom is 0.574 e. The molecule has 0 N–H and O–H groups in total. The molecule has 1 aromatic rings. The van der Waals surface area contributed by atoms with Gasteiger partial charge in [0.1, 0.15) is 0 Å². The van der Waals surface area contributed by atoms with Crippen molar-refractivity contribution in [3.63, 3.8) is 0 Å². The average Bonchev–Trinajstić information content (AvgIpc) is 2.07. The van der Waals surface area contributed by atoms with E-state index in [-0.39, 0.29) is 9.13 Å². The quantitative estimate of drug-likeness (QED) is 0.596. The van der Waals surface area contributed by atoms with Crippen molar-refractivity contribution in [3.05, 3.63) is 20.9 Å². The van der Waals surface area contributed by atoms with Crippen LogP contribution in [0.3, 0.4) is 0 Å². The van der Waals surface area contributed by atoms with Crippen LogP contribution < -0.4 is 4.74 Å². The number of hydrogen-bond donors (Lipinski definition) is 0. The van der Waals surface area contributed by atoms with Crippen LogP contribution in [0.4, 0.5) is 22.0 Å². The lowest BCUT2D eigenvalue weighted by Crippen LogP contribution is -2.19. The Balaban J connectivity index is 3.19. The average molecular weight is 353 g/mol. The summed E-state index contributed by atoms with van der Waals surface area (Å²) >= 11 is 1.35. The van der Waals surface area contributed by atoms with Crippen LogP contribution >= 0.6 is 22.6 Å². The van der Waals surface area contributed by atoms with E-state index in [4.69, 9.17) is 0 Å². The van der Waals surface area contributed by atoms with Gasteiger partial charge in [0, 0.05) is 11.8 Å². The van der Waals surface area contributed by atoms with Gasteiger partial charge in [-0.25, -0.2) is 13.8 Å². The lowest BCUT2D eigenvalue weighted by Gasteiger charge is -2.13. The topological polar surface area (TPSA) is 22.1 Å². The second kappa shape index (κ2) is 4.68. The number of aryl methyl sites for hydroxylation is 1. The van der Waals surface area contributed by atoms with Gasteiger partial charge in [-0.3, -0.25) is 0 Å². The van der Waals surface area contributed by atoms with Crippen molar-refractivity contribution in [1.29, 1.82) is 0 Å². The van der Waals surface area contributed by atoms with Gasteiger partial charge in [-0.1, -0.05) is 0 Å². The zero-order valence-electron chi connectivity index (χ0n) is 7.78. The molecule has 0 aliphatic carbocycles. The summed E-state index contributed by atoms with van der Waals surface area (Å²) < 4.78 is 64.0. The summed E-state index contributed by atoms with van der Waals surface area (Å²) in [5.41, 5.74) is -0.372. The van der Waals surface area contributed by atoms with Gasteiger partial charge in [-0.05, 0) is 35.1 Å². The number of aromatic nitrogens is 1. The van der Waals surface area contributed by atoms with Gasteiger partial charge in [-0.2, -0.15) is 0 Å². The van der Waals surface area contributed by atoms with Gasteiger partial charge in [0.15, 0.2) is 0 Å². The maximum absolute atomic E-state index is 12.5. The van der Waals surface area contributed by atoms with E-state index in [9.17, 15) is 22.0 Å². The first-order chi connectivity index (χ1) is 7.22. The van der Waals surface area contributed by atoms with E-state index in [0.717, 1.165) is 6.20 Å². The third-order valence-corrected chi connectivity index (χ3v) is 2.70. The summed E-state index contributed by atoms with van der Waals surface area (Å²) in [5, 5.41) is 0. The molecule has 0 aliphatic rings. The number of nitrogens with zero attached hydrogens (tertiary/aromatic N) is 1. The molecule has 0 aliphatic heterocycles. The Hall–Kier alpha value is -0.670.